The molecule has 0 aliphatic heterocycles. The number of hydrogen-bond donors (Lipinski definition) is 1. The zero-order valence-electron chi connectivity index (χ0n) is 22.5. The van der Waals surface area contributed by atoms with Crippen molar-refractivity contribution in [1.29, 1.82) is 5.26 Å². The molecule has 38 heavy (non-hydrogen) atoms. The van der Waals surface area contributed by atoms with Crippen LogP contribution >= 0.6 is 39.0 Å². The predicted molar refractivity (Wildman–Crippen MR) is 157 cm³/mol. The van der Waals surface area contributed by atoms with Gasteiger partial charge in [-0.25, -0.2) is 0 Å². The Morgan fingerprint density at radius 2 is 2.08 bits per heavy atom. The van der Waals surface area contributed by atoms with E-state index in [2.05, 4.69) is 58.3 Å². The number of rotatable bonds is 10. The van der Waals surface area contributed by atoms with Crippen LogP contribution in [0.15, 0.2) is 33.9 Å². The highest BCUT2D eigenvalue weighted by molar-refractivity contribution is 9.10. The fourth-order valence-electron chi connectivity index (χ4n) is 4.82. The van der Waals surface area contributed by atoms with Gasteiger partial charge >= 0.3 is 0 Å². The van der Waals surface area contributed by atoms with Gasteiger partial charge in [0, 0.05) is 15.9 Å². The fraction of sp³-hybridized carbons (Fsp3) is 0.500. The Bertz CT molecular complexity index is 1330. The van der Waals surface area contributed by atoms with Gasteiger partial charge in [-0.05, 0) is 74.3 Å². The van der Waals surface area contributed by atoms with E-state index in [9.17, 15) is 10.1 Å². The average molecular weight is 617 g/mol. The largest absolute Gasteiger partial charge is 0.483 e. The molecular weight excluding hydrogens is 582 g/mol. The molecule has 2 heterocycles. The molecule has 1 aliphatic rings. The van der Waals surface area contributed by atoms with E-state index in [0.29, 0.717) is 34.0 Å². The van der Waals surface area contributed by atoms with Crippen LogP contribution in [0.2, 0.25) is 0 Å². The lowest BCUT2D eigenvalue weighted by Crippen LogP contribution is -2.28. The lowest BCUT2D eigenvalue weighted by Gasteiger charge is -2.36. The smallest absolute Gasteiger partial charge is 0.235 e. The van der Waals surface area contributed by atoms with Crippen LogP contribution in [0.1, 0.15) is 75.4 Å². The summed E-state index contributed by atoms with van der Waals surface area (Å²) >= 11 is 6.34. The number of nitriles is 1. The quantitative estimate of drug-likeness (QED) is 0.239. The van der Waals surface area contributed by atoms with Crippen molar-refractivity contribution in [1.82, 2.24) is 14.8 Å². The van der Waals surface area contributed by atoms with Gasteiger partial charge in [-0.1, -0.05) is 54.9 Å². The number of carbonyl (C=O) groups is 1. The normalized spacial score (nSPS) is 16.0. The Morgan fingerprint density at radius 1 is 1.34 bits per heavy atom. The first-order chi connectivity index (χ1) is 18.2. The Labute approximate surface area is 241 Å². The Hall–Kier alpha value is -2.35. The first-order valence-electron chi connectivity index (χ1n) is 13.0. The van der Waals surface area contributed by atoms with E-state index in [1.165, 1.54) is 16.6 Å². The number of amides is 1. The summed E-state index contributed by atoms with van der Waals surface area (Å²) in [5.41, 5.74) is 2.02. The van der Waals surface area contributed by atoms with Gasteiger partial charge in [0.15, 0.2) is 17.1 Å². The van der Waals surface area contributed by atoms with Crippen LogP contribution in [0.5, 0.6) is 5.75 Å². The summed E-state index contributed by atoms with van der Waals surface area (Å²) in [6.07, 6.45) is 3.79. The summed E-state index contributed by atoms with van der Waals surface area (Å²) in [5, 5.41) is 22.9. The number of thiophene rings is 1. The summed E-state index contributed by atoms with van der Waals surface area (Å²) in [5.74, 6) is 2.08. The van der Waals surface area contributed by atoms with E-state index in [4.69, 9.17) is 4.74 Å². The van der Waals surface area contributed by atoms with Crippen LogP contribution in [0.25, 0.3) is 0 Å². The molecule has 10 heteroatoms. The van der Waals surface area contributed by atoms with Crippen molar-refractivity contribution >= 4 is 49.9 Å². The molecule has 1 aliphatic carbocycles. The number of thioether (sulfide) groups is 1. The highest BCUT2D eigenvalue weighted by Crippen LogP contribution is 2.45. The third-order valence-electron chi connectivity index (χ3n) is 7.53. The number of hydrogen-bond acceptors (Lipinski definition) is 7. The van der Waals surface area contributed by atoms with E-state index < -0.39 is 0 Å². The minimum absolute atomic E-state index is 0.151. The first kappa shape index (κ1) is 28.7. The summed E-state index contributed by atoms with van der Waals surface area (Å²) < 4.78 is 9.02. The van der Waals surface area contributed by atoms with E-state index in [0.717, 1.165) is 41.5 Å². The van der Waals surface area contributed by atoms with E-state index >= 15 is 0 Å². The van der Waals surface area contributed by atoms with Crippen molar-refractivity contribution in [2.45, 2.75) is 78.1 Å². The number of carbonyl (C=O) groups excluding carboxylic acids is 1. The number of benzene rings is 1. The highest BCUT2D eigenvalue weighted by Gasteiger charge is 2.34. The molecule has 7 nitrogen and oxygen atoms in total. The fourth-order valence-corrected chi connectivity index (χ4v) is 7.18. The van der Waals surface area contributed by atoms with Crippen LogP contribution in [-0.4, -0.2) is 26.4 Å². The molecular formula is C28H34BrN5O2S2. The van der Waals surface area contributed by atoms with Gasteiger partial charge in [-0.15, -0.1) is 21.5 Å². The van der Waals surface area contributed by atoms with Gasteiger partial charge < -0.3 is 14.6 Å². The third kappa shape index (κ3) is 6.27. The molecule has 1 aromatic carbocycles. The first-order valence-corrected chi connectivity index (χ1v) is 15.6. The summed E-state index contributed by atoms with van der Waals surface area (Å²) in [6, 6.07) is 10.0. The molecule has 3 aromatic rings. The minimum Gasteiger partial charge on any atom is -0.483 e. The maximum absolute atomic E-state index is 12.9. The van der Waals surface area contributed by atoms with Crippen molar-refractivity contribution in [3.8, 4) is 11.8 Å². The number of aromatic nitrogens is 3. The zero-order chi connectivity index (χ0) is 27.4. The van der Waals surface area contributed by atoms with Crippen molar-refractivity contribution < 1.29 is 9.53 Å². The van der Waals surface area contributed by atoms with E-state index in [1.54, 1.807) is 11.3 Å². The molecule has 4 rings (SSSR count). The topological polar surface area (TPSA) is 92.8 Å². The molecule has 1 N–H and O–H groups in total. The monoisotopic (exact) mass is 615 g/mol. The number of anilines is 1. The standard InChI is InChI=1S/C28H34BrN5O2S2/c1-6-28(4,5)18-8-13-21-22(15-30)26(38-23(21)14-18)31-24(35)16-37-27-33-32-25(34(27)7-2)17(3)36-20-11-9-19(29)10-12-20/h9-12,17-18H,6-8,13-14,16H2,1-5H3,(H,31,35). The number of halogens is 1. The average Bonchev–Trinajstić information content (AvgIpc) is 3.48. The van der Waals surface area contributed by atoms with Gasteiger partial charge in [-0.2, -0.15) is 5.26 Å². The molecule has 0 radical (unpaired) electrons. The number of nitrogens with zero attached hydrogens (tertiary/aromatic N) is 4. The van der Waals surface area contributed by atoms with Gasteiger partial charge in [0.2, 0.25) is 5.91 Å². The number of nitrogens with one attached hydrogen (secondary N) is 1. The lowest BCUT2D eigenvalue weighted by atomic mass is 9.69. The SMILES string of the molecule is CCn1c(SCC(=O)Nc2sc3c(c2C#N)CCC(C(C)(C)CC)C3)nnc1C(C)Oc1ccc(Br)cc1. The predicted octanol–water partition coefficient (Wildman–Crippen LogP) is 7.41. The molecule has 2 aromatic heterocycles. The third-order valence-corrected chi connectivity index (χ3v) is 10.2. The maximum Gasteiger partial charge on any atom is 0.235 e. The van der Waals surface area contributed by atoms with Crippen molar-refractivity contribution in [2.24, 2.45) is 11.3 Å². The molecule has 0 saturated carbocycles. The molecule has 0 bridgehead atoms. The molecule has 2 atom stereocenters. The second-order valence-corrected chi connectivity index (χ2v) is 13.2. The number of fused-ring (bicyclic) bond motifs is 1. The number of ether oxygens (including phenoxy) is 1. The van der Waals surface area contributed by atoms with Gasteiger partial charge in [0.25, 0.3) is 0 Å². The molecule has 0 fully saturated rings. The van der Waals surface area contributed by atoms with Crippen LogP contribution in [0.4, 0.5) is 5.00 Å². The lowest BCUT2D eigenvalue weighted by molar-refractivity contribution is -0.113. The highest BCUT2D eigenvalue weighted by atomic mass is 79.9. The zero-order valence-corrected chi connectivity index (χ0v) is 25.7. The van der Waals surface area contributed by atoms with Crippen LogP contribution in [-0.2, 0) is 24.2 Å². The van der Waals surface area contributed by atoms with Crippen molar-refractivity contribution in [2.75, 3.05) is 11.1 Å². The van der Waals surface area contributed by atoms with Crippen LogP contribution in [0, 0.1) is 22.7 Å². The van der Waals surface area contributed by atoms with E-state index in [-0.39, 0.29) is 23.2 Å². The van der Waals surface area contributed by atoms with Crippen LogP contribution in [0.3, 0.4) is 0 Å². The second-order valence-electron chi connectivity index (χ2n) is 10.2. The molecule has 0 spiro atoms. The Balaban J connectivity index is 1.40. The van der Waals surface area contributed by atoms with Gasteiger partial charge in [0.05, 0.1) is 11.3 Å². The second kappa shape index (κ2) is 12.2. The molecule has 0 saturated heterocycles. The molecule has 202 valence electrons. The maximum atomic E-state index is 12.9. The Morgan fingerprint density at radius 3 is 2.74 bits per heavy atom. The van der Waals surface area contributed by atoms with Gasteiger partial charge in [0.1, 0.15) is 16.8 Å². The van der Waals surface area contributed by atoms with Crippen LogP contribution < -0.4 is 10.1 Å². The van der Waals surface area contributed by atoms with Gasteiger partial charge in [-0.3, -0.25) is 4.79 Å². The summed E-state index contributed by atoms with van der Waals surface area (Å²) in [7, 11) is 0. The summed E-state index contributed by atoms with van der Waals surface area (Å²) in [6.45, 7) is 11.5. The van der Waals surface area contributed by atoms with Crippen molar-refractivity contribution in [3.05, 3.63) is 50.6 Å². The summed E-state index contributed by atoms with van der Waals surface area (Å²) in [4.78, 5) is 14.2. The molecule has 1 amide bonds. The van der Waals surface area contributed by atoms with E-state index in [1.807, 2.05) is 42.7 Å². The van der Waals surface area contributed by atoms with Crippen molar-refractivity contribution in [3.63, 3.8) is 0 Å². The Kier molecular flexibility index (Phi) is 9.22. The minimum atomic E-state index is -0.302. The molecule has 2 unspecified atom stereocenters.